The number of morpholine rings is 1. The molecule has 2 aliphatic rings. The lowest BCUT2D eigenvalue weighted by molar-refractivity contribution is -0.384. The molecule has 32 heavy (non-hydrogen) atoms. The summed E-state index contributed by atoms with van der Waals surface area (Å²) >= 11 is 6.85. The summed E-state index contributed by atoms with van der Waals surface area (Å²) in [6.45, 7) is 1.33. The van der Waals surface area contributed by atoms with Gasteiger partial charge in [-0.2, -0.15) is 0 Å². The van der Waals surface area contributed by atoms with Gasteiger partial charge in [-0.05, 0) is 30.0 Å². The predicted octanol–water partition coefficient (Wildman–Crippen LogP) is 3.40. The number of nitro benzene ring substituents is 1. The molecule has 0 aliphatic carbocycles. The number of hydrogen-bond acceptors (Lipinski definition) is 8. The van der Waals surface area contributed by atoms with Crippen LogP contribution in [0.5, 0.6) is 0 Å². The van der Waals surface area contributed by atoms with Crippen molar-refractivity contribution in [2.24, 2.45) is 0 Å². The normalized spacial score (nSPS) is 18.0. The number of non-ortho nitro benzene ring substituents is 1. The van der Waals surface area contributed by atoms with Gasteiger partial charge in [0.1, 0.15) is 18.1 Å². The molecule has 0 spiro atoms. The Hall–Kier alpha value is -3.15. The second kappa shape index (κ2) is 9.15. The first-order valence-corrected chi connectivity index (χ1v) is 10.7. The number of furan rings is 1. The Kier molecular flexibility index (Phi) is 6.31. The molecule has 1 aromatic heterocycles. The molecule has 0 radical (unpaired) electrons. The van der Waals surface area contributed by atoms with Gasteiger partial charge in [0.2, 0.25) is 5.91 Å². The minimum atomic E-state index is -0.590. The van der Waals surface area contributed by atoms with Crippen molar-refractivity contribution < 1.29 is 28.5 Å². The van der Waals surface area contributed by atoms with Crippen LogP contribution in [0, 0.1) is 10.1 Å². The van der Waals surface area contributed by atoms with Gasteiger partial charge in [-0.25, -0.2) is 0 Å². The van der Waals surface area contributed by atoms with E-state index in [2.05, 4.69) is 0 Å². The molecule has 2 fully saturated rings. The lowest BCUT2D eigenvalue weighted by Gasteiger charge is -2.27. The van der Waals surface area contributed by atoms with Gasteiger partial charge in [0, 0.05) is 36.9 Å². The van der Waals surface area contributed by atoms with E-state index in [1.54, 1.807) is 17.0 Å². The van der Waals surface area contributed by atoms with Crippen LogP contribution in [-0.4, -0.2) is 64.6 Å². The van der Waals surface area contributed by atoms with Crippen molar-refractivity contribution in [3.63, 3.8) is 0 Å². The quantitative estimate of drug-likeness (QED) is 0.364. The number of hydrogen-bond donors (Lipinski definition) is 0. The van der Waals surface area contributed by atoms with E-state index in [1.165, 1.54) is 24.3 Å². The summed E-state index contributed by atoms with van der Waals surface area (Å²) in [7, 11) is 0. The highest BCUT2D eigenvalue weighted by atomic mass is 35.5. The van der Waals surface area contributed by atoms with Crippen molar-refractivity contribution in [2.75, 3.05) is 32.8 Å². The molecule has 2 saturated heterocycles. The average Bonchev–Trinajstić information content (AvgIpc) is 3.34. The number of amides is 3. The first-order valence-electron chi connectivity index (χ1n) is 9.48. The van der Waals surface area contributed by atoms with Crippen LogP contribution in [0.1, 0.15) is 5.76 Å². The number of carbonyl (C=O) groups is 3. The molecule has 3 heterocycles. The summed E-state index contributed by atoms with van der Waals surface area (Å²) in [4.78, 5) is 50.4. The van der Waals surface area contributed by atoms with Crippen molar-refractivity contribution in [1.29, 1.82) is 0 Å². The number of nitrogens with zero attached hydrogens (tertiary/aromatic N) is 3. The highest BCUT2D eigenvalue weighted by Gasteiger charge is 2.37. The molecule has 166 valence electrons. The maximum atomic E-state index is 12.7. The lowest BCUT2D eigenvalue weighted by Crippen LogP contribution is -2.46. The van der Waals surface area contributed by atoms with Crippen LogP contribution in [0.15, 0.2) is 39.7 Å². The van der Waals surface area contributed by atoms with Crippen molar-refractivity contribution in [1.82, 2.24) is 9.80 Å². The number of benzene rings is 1. The van der Waals surface area contributed by atoms with Gasteiger partial charge >= 0.3 is 0 Å². The van der Waals surface area contributed by atoms with E-state index in [1.807, 2.05) is 0 Å². The zero-order valence-electron chi connectivity index (χ0n) is 16.5. The molecule has 0 bridgehead atoms. The Morgan fingerprint density at radius 2 is 1.97 bits per heavy atom. The summed E-state index contributed by atoms with van der Waals surface area (Å²) in [6.07, 6.45) is 1.39. The Bertz CT molecular complexity index is 1140. The molecule has 0 atom stereocenters. The van der Waals surface area contributed by atoms with E-state index < -0.39 is 16.1 Å². The zero-order valence-corrected chi connectivity index (χ0v) is 18.1. The van der Waals surface area contributed by atoms with Gasteiger partial charge in [-0.1, -0.05) is 11.6 Å². The van der Waals surface area contributed by atoms with E-state index in [9.17, 15) is 24.5 Å². The van der Waals surface area contributed by atoms with E-state index in [0.717, 1.165) is 4.90 Å². The van der Waals surface area contributed by atoms with Crippen LogP contribution in [0.3, 0.4) is 0 Å². The largest absolute Gasteiger partial charge is 0.457 e. The van der Waals surface area contributed by atoms with Crippen molar-refractivity contribution in [3.8, 4) is 11.3 Å². The zero-order chi connectivity index (χ0) is 22.8. The Balaban J connectivity index is 1.50. The summed E-state index contributed by atoms with van der Waals surface area (Å²) in [5.74, 6) is -0.385. The average molecular weight is 478 g/mol. The fraction of sp³-hybridized carbons (Fsp3) is 0.250. The molecule has 10 nitrogen and oxygen atoms in total. The molecular weight excluding hydrogens is 462 g/mol. The molecular formula is C20H16ClN3O7S. The Morgan fingerprint density at radius 1 is 1.22 bits per heavy atom. The molecule has 0 unspecified atom stereocenters. The number of carbonyl (C=O) groups excluding carboxylic acids is 3. The monoisotopic (exact) mass is 477 g/mol. The predicted molar refractivity (Wildman–Crippen MR) is 116 cm³/mol. The molecule has 4 rings (SSSR count). The third kappa shape index (κ3) is 4.54. The van der Waals surface area contributed by atoms with Gasteiger partial charge in [-0.3, -0.25) is 29.4 Å². The van der Waals surface area contributed by atoms with E-state index >= 15 is 0 Å². The van der Waals surface area contributed by atoms with Crippen LogP contribution in [-0.2, 0) is 14.3 Å². The number of halogens is 1. The van der Waals surface area contributed by atoms with Crippen LogP contribution >= 0.6 is 23.4 Å². The minimum Gasteiger partial charge on any atom is -0.457 e. The highest BCUT2D eigenvalue weighted by Crippen LogP contribution is 2.35. The fourth-order valence-corrected chi connectivity index (χ4v) is 4.23. The Morgan fingerprint density at radius 3 is 2.69 bits per heavy atom. The van der Waals surface area contributed by atoms with Gasteiger partial charge in [0.05, 0.1) is 28.1 Å². The maximum Gasteiger partial charge on any atom is 0.294 e. The van der Waals surface area contributed by atoms with E-state index in [4.69, 9.17) is 20.8 Å². The number of thioether (sulfide) groups is 1. The Labute approximate surface area is 190 Å². The second-order valence-corrected chi connectivity index (χ2v) is 8.28. The first kappa shape index (κ1) is 22.1. The van der Waals surface area contributed by atoms with Crippen LogP contribution in [0.25, 0.3) is 17.4 Å². The summed E-state index contributed by atoms with van der Waals surface area (Å²) < 4.78 is 10.9. The van der Waals surface area contributed by atoms with Gasteiger partial charge < -0.3 is 14.1 Å². The SMILES string of the molecule is O=C(CN1C(=O)S/C(=C\c2ccc(-c3cc([N+](=O)[O-])ccc3Cl)o2)C1=O)N1CCOCC1. The van der Waals surface area contributed by atoms with Crippen LogP contribution in [0.4, 0.5) is 10.5 Å². The highest BCUT2D eigenvalue weighted by molar-refractivity contribution is 8.18. The first-order chi connectivity index (χ1) is 15.3. The number of rotatable bonds is 5. The van der Waals surface area contributed by atoms with Gasteiger partial charge in [0.15, 0.2) is 0 Å². The molecule has 3 amide bonds. The molecule has 0 N–H and O–H groups in total. The van der Waals surface area contributed by atoms with E-state index in [0.29, 0.717) is 43.6 Å². The van der Waals surface area contributed by atoms with Crippen LogP contribution < -0.4 is 0 Å². The lowest BCUT2D eigenvalue weighted by atomic mass is 10.1. The van der Waals surface area contributed by atoms with Crippen LogP contribution in [0.2, 0.25) is 5.02 Å². The van der Waals surface area contributed by atoms with Gasteiger partial charge in [-0.15, -0.1) is 0 Å². The van der Waals surface area contributed by atoms with Gasteiger partial charge in [0.25, 0.3) is 16.8 Å². The van der Waals surface area contributed by atoms with Crippen molar-refractivity contribution >= 4 is 52.2 Å². The summed E-state index contributed by atoms with van der Waals surface area (Å²) in [5.41, 5.74) is 0.179. The molecule has 12 heteroatoms. The fourth-order valence-electron chi connectivity index (χ4n) is 3.20. The molecule has 2 aliphatic heterocycles. The molecule has 2 aromatic rings. The third-order valence-electron chi connectivity index (χ3n) is 4.86. The van der Waals surface area contributed by atoms with Crippen molar-refractivity contribution in [3.05, 3.63) is 56.1 Å². The van der Waals surface area contributed by atoms with Crippen molar-refractivity contribution in [2.45, 2.75) is 0 Å². The third-order valence-corrected chi connectivity index (χ3v) is 6.09. The molecule has 0 saturated carbocycles. The summed E-state index contributed by atoms with van der Waals surface area (Å²) in [5, 5.41) is 10.7. The smallest absolute Gasteiger partial charge is 0.294 e. The molecule has 1 aromatic carbocycles. The number of nitro groups is 1. The topological polar surface area (TPSA) is 123 Å². The number of imide groups is 1. The standard InChI is InChI=1S/C20H16ClN3O7S/c21-15-3-1-12(24(28)29)9-14(15)16-4-2-13(31-16)10-17-19(26)23(20(27)32-17)11-18(25)22-5-7-30-8-6-22/h1-4,9-10H,5-8,11H2/b17-10-. The second-order valence-electron chi connectivity index (χ2n) is 6.88. The number of ether oxygens (including phenoxy) is 1. The maximum absolute atomic E-state index is 12.7. The van der Waals surface area contributed by atoms with E-state index in [-0.39, 0.29) is 39.6 Å². The summed E-state index contributed by atoms with van der Waals surface area (Å²) in [6, 6.07) is 7.08. The minimum absolute atomic E-state index is 0.107.